The molecule has 1 N–H and O–H groups in total. The molecule has 3 aromatic rings. The molecule has 0 saturated carbocycles. The molecule has 0 radical (unpaired) electrons. The summed E-state index contributed by atoms with van der Waals surface area (Å²) >= 11 is 5.81. The van der Waals surface area contributed by atoms with E-state index in [9.17, 15) is 30.7 Å². The maximum Gasteiger partial charge on any atom is 0.422 e. The second kappa shape index (κ2) is 9.47. The van der Waals surface area contributed by atoms with Crippen LogP contribution in [0.3, 0.4) is 0 Å². The summed E-state index contributed by atoms with van der Waals surface area (Å²) in [6, 6.07) is 13.2. The summed E-state index contributed by atoms with van der Waals surface area (Å²) in [5, 5.41) is 4.01. The number of nitrogens with zero attached hydrogens (tertiary/aromatic N) is 1. The predicted molar refractivity (Wildman–Crippen MR) is 105 cm³/mol. The quantitative estimate of drug-likeness (QED) is 0.181. The summed E-state index contributed by atoms with van der Waals surface area (Å²) in [5.74, 6) is -9.26. The monoisotopic (exact) mass is 476 g/mol. The molecule has 0 aliphatic rings. The molecule has 0 spiro atoms. The summed E-state index contributed by atoms with van der Waals surface area (Å²) in [6.07, 6.45) is -4.59. The van der Waals surface area contributed by atoms with Crippen LogP contribution in [0, 0.1) is 23.3 Å². The molecule has 0 aromatic heterocycles. The van der Waals surface area contributed by atoms with Crippen LogP contribution in [0.25, 0.3) is 0 Å². The van der Waals surface area contributed by atoms with E-state index >= 15 is 0 Å². The van der Waals surface area contributed by atoms with E-state index in [2.05, 4.69) is 5.10 Å². The van der Waals surface area contributed by atoms with Crippen LogP contribution in [0.15, 0.2) is 53.6 Å². The van der Waals surface area contributed by atoms with Crippen molar-refractivity contribution in [2.45, 2.75) is 12.8 Å². The standard InChI is InChI=1S/C21H12ClF7N2O/c22-13-6-4-11(5-7-13)10-32-14-3-1-2-12(8-14)9-30-31-20-18(25)16(23)15(21(27,28)29)17(24)19(20)26/h1-9,31H,10H2/b30-9+. The molecule has 32 heavy (non-hydrogen) atoms. The Bertz CT molecular complexity index is 1120. The molecule has 168 valence electrons. The highest BCUT2D eigenvalue weighted by molar-refractivity contribution is 6.30. The Morgan fingerprint density at radius 2 is 1.53 bits per heavy atom. The number of nitrogens with one attached hydrogen (secondary N) is 1. The van der Waals surface area contributed by atoms with Crippen LogP contribution < -0.4 is 10.2 Å². The van der Waals surface area contributed by atoms with Gasteiger partial charge in [0.1, 0.15) is 23.6 Å². The average Bonchev–Trinajstić information content (AvgIpc) is 2.74. The van der Waals surface area contributed by atoms with Gasteiger partial charge in [-0.1, -0.05) is 35.9 Å². The highest BCUT2D eigenvalue weighted by atomic mass is 35.5. The first-order valence-corrected chi connectivity index (χ1v) is 9.15. The lowest BCUT2D eigenvalue weighted by Gasteiger charge is -2.13. The zero-order valence-corrected chi connectivity index (χ0v) is 16.5. The number of rotatable bonds is 6. The average molecular weight is 477 g/mol. The molecule has 3 rings (SSSR count). The smallest absolute Gasteiger partial charge is 0.422 e. The van der Waals surface area contributed by atoms with E-state index in [4.69, 9.17) is 16.3 Å². The Labute approximate surface area is 182 Å². The molecule has 0 fully saturated rings. The minimum atomic E-state index is -5.62. The molecule has 0 saturated heterocycles. The molecular formula is C21H12ClF7N2O. The molecule has 3 aromatic carbocycles. The molecule has 0 heterocycles. The topological polar surface area (TPSA) is 33.6 Å². The highest BCUT2D eigenvalue weighted by Crippen LogP contribution is 2.38. The fourth-order valence-electron chi connectivity index (χ4n) is 2.58. The Morgan fingerprint density at radius 3 is 2.12 bits per heavy atom. The summed E-state index contributed by atoms with van der Waals surface area (Å²) < 4.78 is 98.5. The molecule has 3 nitrogen and oxygen atoms in total. The van der Waals surface area contributed by atoms with Crippen LogP contribution in [0.4, 0.5) is 36.4 Å². The number of benzene rings is 3. The molecule has 0 amide bonds. The van der Waals surface area contributed by atoms with E-state index in [1.165, 1.54) is 12.1 Å². The molecule has 0 aliphatic heterocycles. The number of hydrogen-bond acceptors (Lipinski definition) is 3. The predicted octanol–water partition coefficient (Wildman–Crippen LogP) is 6.94. The number of ether oxygens (including phenoxy) is 1. The van der Waals surface area contributed by atoms with Gasteiger partial charge in [0, 0.05) is 5.02 Å². The minimum Gasteiger partial charge on any atom is -0.489 e. The Morgan fingerprint density at radius 1 is 0.906 bits per heavy atom. The van der Waals surface area contributed by atoms with Crippen LogP contribution >= 0.6 is 11.6 Å². The number of hydrogen-bond donors (Lipinski definition) is 1. The third-order valence-corrected chi connectivity index (χ3v) is 4.37. The molecular weight excluding hydrogens is 465 g/mol. The normalized spacial score (nSPS) is 11.8. The fourth-order valence-corrected chi connectivity index (χ4v) is 2.71. The van der Waals surface area contributed by atoms with Crippen LogP contribution in [0.2, 0.25) is 5.02 Å². The Balaban J connectivity index is 1.74. The summed E-state index contributed by atoms with van der Waals surface area (Å²) in [7, 11) is 0. The van der Waals surface area contributed by atoms with E-state index < -0.39 is 40.7 Å². The van der Waals surface area contributed by atoms with E-state index in [1.54, 1.807) is 41.8 Å². The maximum absolute atomic E-state index is 13.9. The molecule has 0 bridgehead atoms. The number of alkyl halides is 3. The number of hydrazone groups is 1. The second-order valence-corrected chi connectivity index (χ2v) is 6.80. The minimum absolute atomic E-state index is 0.219. The summed E-state index contributed by atoms with van der Waals surface area (Å²) in [6.45, 7) is 0.219. The van der Waals surface area contributed by atoms with Gasteiger partial charge in [0.2, 0.25) is 0 Å². The van der Waals surface area contributed by atoms with Gasteiger partial charge in [-0.25, -0.2) is 17.6 Å². The van der Waals surface area contributed by atoms with Crippen LogP contribution in [0.5, 0.6) is 5.75 Å². The lowest BCUT2D eigenvalue weighted by molar-refractivity contribution is -0.143. The van der Waals surface area contributed by atoms with Gasteiger partial charge in [-0.15, -0.1) is 0 Å². The summed E-state index contributed by atoms with van der Waals surface area (Å²) in [4.78, 5) is 0. The second-order valence-electron chi connectivity index (χ2n) is 6.36. The van der Waals surface area contributed by atoms with Gasteiger partial charge in [0.15, 0.2) is 23.3 Å². The van der Waals surface area contributed by atoms with Crippen molar-refractivity contribution in [2.24, 2.45) is 5.10 Å². The van der Waals surface area contributed by atoms with Gasteiger partial charge in [-0.3, -0.25) is 5.43 Å². The van der Waals surface area contributed by atoms with Crippen molar-refractivity contribution < 1.29 is 35.5 Å². The first kappa shape index (κ1) is 23.4. The fraction of sp³-hybridized carbons (Fsp3) is 0.0952. The molecule has 0 unspecified atom stereocenters. The lowest BCUT2D eigenvalue weighted by atomic mass is 10.1. The van der Waals surface area contributed by atoms with Crippen molar-refractivity contribution in [3.05, 3.63) is 93.5 Å². The van der Waals surface area contributed by atoms with Crippen LogP contribution in [-0.2, 0) is 12.8 Å². The third-order valence-electron chi connectivity index (χ3n) is 4.11. The largest absolute Gasteiger partial charge is 0.489 e. The molecule has 0 atom stereocenters. The Hall–Kier alpha value is -3.27. The Kier molecular flexibility index (Phi) is 6.93. The zero-order chi connectivity index (χ0) is 23.5. The zero-order valence-electron chi connectivity index (χ0n) is 15.8. The van der Waals surface area contributed by atoms with Crippen molar-refractivity contribution in [1.82, 2.24) is 0 Å². The number of halogens is 8. The van der Waals surface area contributed by atoms with E-state index in [1.807, 2.05) is 0 Å². The first-order valence-electron chi connectivity index (χ1n) is 8.77. The van der Waals surface area contributed by atoms with Crippen molar-refractivity contribution in [1.29, 1.82) is 0 Å². The number of anilines is 1. The molecule has 11 heteroatoms. The maximum atomic E-state index is 13.9. The SMILES string of the molecule is Fc1c(F)c(C(F)(F)F)c(F)c(F)c1N/N=C/c1cccc(OCc2ccc(Cl)cc2)c1. The van der Waals surface area contributed by atoms with Gasteiger partial charge in [0.05, 0.1) is 6.21 Å². The van der Waals surface area contributed by atoms with E-state index in [0.717, 1.165) is 11.8 Å². The van der Waals surface area contributed by atoms with Crippen LogP contribution in [0.1, 0.15) is 16.7 Å². The van der Waals surface area contributed by atoms with Gasteiger partial charge in [-0.05, 0) is 35.4 Å². The van der Waals surface area contributed by atoms with Crippen molar-refractivity contribution >= 4 is 23.5 Å². The summed E-state index contributed by atoms with van der Waals surface area (Å²) in [5.41, 5.74) is -1.27. The van der Waals surface area contributed by atoms with E-state index in [0.29, 0.717) is 16.3 Å². The van der Waals surface area contributed by atoms with Gasteiger partial charge in [-0.2, -0.15) is 18.3 Å². The van der Waals surface area contributed by atoms with Gasteiger partial charge >= 0.3 is 6.18 Å². The first-order chi connectivity index (χ1) is 15.1. The van der Waals surface area contributed by atoms with Gasteiger partial charge < -0.3 is 4.74 Å². The van der Waals surface area contributed by atoms with Crippen molar-refractivity contribution in [3.63, 3.8) is 0 Å². The van der Waals surface area contributed by atoms with Crippen molar-refractivity contribution in [3.8, 4) is 5.75 Å². The molecule has 0 aliphatic carbocycles. The van der Waals surface area contributed by atoms with Crippen LogP contribution in [-0.4, -0.2) is 6.21 Å². The van der Waals surface area contributed by atoms with Gasteiger partial charge in [0.25, 0.3) is 0 Å². The highest BCUT2D eigenvalue weighted by Gasteiger charge is 2.42. The van der Waals surface area contributed by atoms with E-state index in [-0.39, 0.29) is 6.61 Å². The third kappa shape index (κ3) is 5.31. The lowest BCUT2D eigenvalue weighted by Crippen LogP contribution is -2.16. The van der Waals surface area contributed by atoms with Crippen molar-refractivity contribution in [2.75, 3.05) is 5.43 Å².